The summed E-state index contributed by atoms with van der Waals surface area (Å²) in [5.74, 6) is -0.0228. The van der Waals surface area contributed by atoms with E-state index in [-0.39, 0.29) is 31.1 Å². The van der Waals surface area contributed by atoms with E-state index in [1.807, 2.05) is 0 Å². The third kappa shape index (κ3) is 43.5. The maximum absolute atomic E-state index is 12.7. The van der Waals surface area contributed by atoms with Gasteiger partial charge >= 0.3 is 17.9 Å². The number of hydrogen-bond acceptors (Lipinski definition) is 6. The zero-order valence-corrected chi connectivity index (χ0v) is 38.1. The molecule has 0 saturated heterocycles. The normalized spacial score (nSPS) is 11.9. The maximum Gasteiger partial charge on any atom is 0.306 e. The molecule has 0 spiro atoms. The van der Waals surface area contributed by atoms with Crippen LogP contribution in [0.2, 0.25) is 0 Å². The Balaban J connectivity index is 4.28. The van der Waals surface area contributed by atoms with Gasteiger partial charge in [0, 0.05) is 19.3 Å². The fourth-order valence-electron chi connectivity index (χ4n) is 7.51. The molecule has 0 aromatic rings. The molecular weight excluding hydrogens is 697 g/mol. The molecule has 0 amide bonds. The molecule has 0 unspecified atom stereocenters. The molecule has 0 aromatic carbocycles. The van der Waals surface area contributed by atoms with Crippen LogP contribution in [-0.4, -0.2) is 37.2 Å². The van der Waals surface area contributed by atoms with Crippen molar-refractivity contribution in [1.82, 2.24) is 0 Å². The molecule has 0 aliphatic heterocycles. The molecule has 0 rings (SSSR count). The summed E-state index contributed by atoms with van der Waals surface area (Å²) in [5.41, 5.74) is 0. The first kappa shape index (κ1) is 54.4. The number of carbonyl (C=O) groups excluding carboxylic acids is 3. The largest absolute Gasteiger partial charge is 0.462 e. The van der Waals surface area contributed by atoms with E-state index in [0.717, 1.165) is 63.7 Å². The van der Waals surface area contributed by atoms with Gasteiger partial charge in [-0.15, -0.1) is 0 Å². The Kier molecular flexibility index (Phi) is 43.2. The lowest BCUT2D eigenvalue weighted by Gasteiger charge is -2.18. The minimum Gasteiger partial charge on any atom is -0.462 e. The second-order valence-corrected chi connectivity index (χ2v) is 17.6. The van der Waals surface area contributed by atoms with Gasteiger partial charge in [-0.2, -0.15) is 0 Å². The minimum absolute atomic E-state index is 0.0633. The van der Waals surface area contributed by atoms with E-state index in [1.165, 1.54) is 173 Å². The number of rotatable bonds is 45. The predicted molar refractivity (Wildman–Crippen MR) is 238 cm³/mol. The van der Waals surface area contributed by atoms with Crippen LogP contribution in [0.3, 0.4) is 0 Å². The second kappa shape index (κ2) is 44.5. The van der Waals surface area contributed by atoms with Crippen LogP contribution in [0.5, 0.6) is 0 Å². The van der Waals surface area contributed by atoms with Gasteiger partial charge in [0.15, 0.2) is 6.10 Å². The van der Waals surface area contributed by atoms with E-state index < -0.39 is 6.10 Å². The van der Waals surface area contributed by atoms with Crippen molar-refractivity contribution in [1.29, 1.82) is 0 Å². The zero-order valence-electron chi connectivity index (χ0n) is 38.1. The molecule has 0 saturated carbocycles. The van der Waals surface area contributed by atoms with Crippen molar-refractivity contribution in [2.45, 2.75) is 284 Å². The molecule has 0 fully saturated rings. The molecule has 1 atom stereocenters. The lowest BCUT2D eigenvalue weighted by Crippen LogP contribution is -2.30. The van der Waals surface area contributed by atoms with Crippen molar-refractivity contribution in [3.63, 3.8) is 0 Å². The summed E-state index contributed by atoms with van der Waals surface area (Å²) in [5, 5.41) is 0. The molecule has 0 radical (unpaired) electrons. The summed E-state index contributed by atoms with van der Waals surface area (Å²) in [6.07, 6.45) is 45.1. The molecule has 0 N–H and O–H groups in total. The Morgan fingerprint density at radius 3 is 0.875 bits per heavy atom. The molecule has 56 heavy (non-hydrogen) atoms. The molecule has 0 heterocycles. The number of ether oxygens (including phenoxy) is 3. The first-order chi connectivity index (χ1) is 27.4. The van der Waals surface area contributed by atoms with E-state index in [9.17, 15) is 14.4 Å². The first-order valence-electron chi connectivity index (χ1n) is 24.9. The van der Waals surface area contributed by atoms with E-state index >= 15 is 0 Å². The van der Waals surface area contributed by atoms with Crippen LogP contribution in [-0.2, 0) is 28.6 Å². The third-order valence-corrected chi connectivity index (χ3v) is 11.3. The molecule has 0 aliphatic rings. The highest BCUT2D eigenvalue weighted by atomic mass is 16.6. The summed E-state index contributed by atoms with van der Waals surface area (Å²) < 4.78 is 16.8. The van der Waals surface area contributed by atoms with Gasteiger partial charge < -0.3 is 14.2 Å². The second-order valence-electron chi connectivity index (χ2n) is 17.6. The van der Waals surface area contributed by atoms with Gasteiger partial charge in [0.05, 0.1) is 0 Å². The Bertz CT molecular complexity index is 841. The summed E-state index contributed by atoms with van der Waals surface area (Å²) >= 11 is 0. The molecule has 0 bridgehead atoms. The molecule has 6 heteroatoms. The molecule has 332 valence electrons. The van der Waals surface area contributed by atoms with Crippen LogP contribution in [0, 0.1) is 5.92 Å². The van der Waals surface area contributed by atoms with E-state index in [1.54, 1.807) is 0 Å². The highest BCUT2D eigenvalue weighted by Gasteiger charge is 2.19. The highest BCUT2D eigenvalue weighted by Crippen LogP contribution is 2.17. The van der Waals surface area contributed by atoms with Crippen LogP contribution in [0.15, 0.2) is 0 Å². The van der Waals surface area contributed by atoms with Crippen molar-refractivity contribution in [3.05, 3.63) is 0 Å². The van der Waals surface area contributed by atoms with E-state index in [0.29, 0.717) is 19.3 Å². The molecule has 0 aromatic heterocycles. The number of unbranched alkanes of at least 4 members (excludes halogenated alkanes) is 32. The summed E-state index contributed by atoms with van der Waals surface area (Å²) in [7, 11) is 0. The summed E-state index contributed by atoms with van der Waals surface area (Å²) in [4.78, 5) is 37.8. The van der Waals surface area contributed by atoms with Gasteiger partial charge in [-0.05, 0) is 25.2 Å². The maximum atomic E-state index is 12.7. The quantitative estimate of drug-likeness (QED) is 0.0347. The van der Waals surface area contributed by atoms with Crippen LogP contribution in [0.25, 0.3) is 0 Å². The molecular formula is C50H96O6. The Labute approximate surface area is 348 Å². The number of carbonyl (C=O) groups is 3. The number of hydrogen-bond donors (Lipinski definition) is 0. The monoisotopic (exact) mass is 793 g/mol. The Hall–Kier alpha value is -1.59. The Morgan fingerprint density at radius 1 is 0.339 bits per heavy atom. The summed E-state index contributed by atoms with van der Waals surface area (Å²) in [6.45, 7) is 9.00. The van der Waals surface area contributed by atoms with Gasteiger partial charge in [-0.3, -0.25) is 14.4 Å². The van der Waals surface area contributed by atoms with E-state index in [2.05, 4.69) is 27.7 Å². The summed E-state index contributed by atoms with van der Waals surface area (Å²) in [6, 6.07) is 0. The molecule has 0 aliphatic carbocycles. The van der Waals surface area contributed by atoms with Gasteiger partial charge in [0.25, 0.3) is 0 Å². The van der Waals surface area contributed by atoms with Crippen molar-refractivity contribution >= 4 is 17.9 Å². The fraction of sp³-hybridized carbons (Fsp3) is 0.940. The van der Waals surface area contributed by atoms with Gasteiger partial charge in [0.2, 0.25) is 0 Å². The molecule has 6 nitrogen and oxygen atoms in total. The van der Waals surface area contributed by atoms with E-state index in [4.69, 9.17) is 14.2 Å². The minimum atomic E-state index is -0.759. The van der Waals surface area contributed by atoms with Crippen molar-refractivity contribution in [3.8, 4) is 0 Å². The zero-order chi connectivity index (χ0) is 41.0. The van der Waals surface area contributed by atoms with Gasteiger partial charge in [-0.1, -0.05) is 240 Å². The Morgan fingerprint density at radius 2 is 0.589 bits per heavy atom. The van der Waals surface area contributed by atoms with Crippen molar-refractivity contribution in [2.75, 3.05) is 13.2 Å². The standard InChI is InChI=1S/C50H96O6/c1-5-7-9-11-13-15-16-17-18-19-22-27-31-35-39-43-50(53)56-47(44-54-48(51)41-37-33-29-24-14-12-10-8-6-2)45-55-49(52)42-38-34-30-26-23-20-21-25-28-32-36-40-46(3)4/h46-47H,5-45H2,1-4H3/t47-/m0/s1. The lowest BCUT2D eigenvalue weighted by atomic mass is 10.0. The number of esters is 3. The average molecular weight is 793 g/mol. The first-order valence-corrected chi connectivity index (χ1v) is 24.9. The average Bonchev–Trinajstić information content (AvgIpc) is 3.18. The van der Waals surface area contributed by atoms with Gasteiger partial charge in [-0.25, -0.2) is 0 Å². The SMILES string of the molecule is CCCCCCCCCCCCCCCCCC(=O)O[C@@H](COC(=O)CCCCCCCCCCC)COC(=O)CCCCCCCCCCCCCC(C)C. The topological polar surface area (TPSA) is 78.9 Å². The third-order valence-electron chi connectivity index (χ3n) is 11.3. The van der Waals surface area contributed by atoms with Crippen LogP contribution in [0.4, 0.5) is 0 Å². The highest BCUT2D eigenvalue weighted by molar-refractivity contribution is 5.71. The van der Waals surface area contributed by atoms with Crippen molar-refractivity contribution in [2.24, 2.45) is 5.92 Å². The van der Waals surface area contributed by atoms with Crippen LogP contribution >= 0.6 is 0 Å². The van der Waals surface area contributed by atoms with Crippen LogP contribution < -0.4 is 0 Å². The van der Waals surface area contributed by atoms with Crippen LogP contribution in [0.1, 0.15) is 278 Å². The lowest BCUT2D eigenvalue weighted by molar-refractivity contribution is -0.167. The van der Waals surface area contributed by atoms with Crippen molar-refractivity contribution < 1.29 is 28.6 Å². The predicted octanol–water partition coefficient (Wildman–Crippen LogP) is 15.9. The van der Waals surface area contributed by atoms with Gasteiger partial charge in [0.1, 0.15) is 13.2 Å². The smallest absolute Gasteiger partial charge is 0.306 e. The fourth-order valence-corrected chi connectivity index (χ4v) is 7.51.